The van der Waals surface area contributed by atoms with Gasteiger partial charge in [0.25, 0.3) is 0 Å². The van der Waals surface area contributed by atoms with E-state index in [1.165, 1.54) is 11.1 Å². The van der Waals surface area contributed by atoms with E-state index < -0.39 is 0 Å². The first-order valence-corrected chi connectivity index (χ1v) is 6.92. The smallest absolute Gasteiger partial charge is 0.0577 e. The summed E-state index contributed by atoms with van der Waals surface area (Å²) in [7, 11) is 0. The van der Waals surface area contributed by atoms with Crippen molar-refractivity contribution in [1.82, 2.24) is 4.98 Å². The van der Waals surface area contributed by atoms with Crippen molar-refractivity contribution in [2.24, 2.45) is 0 Å². The highest BCUT2D eigenvalue weighted by Crippen LogP contribution is 2.26. The van der Waals surface area contributed by atoms with Crippen LogP contribution in [-0.2, 0) is 5.41 Å². The zero-order valence-corrected chi connectivity index (χ0v) is 12.7. The third kappa shape index (κ3) is 3.10. The molecule has 3 nitrogen and oxygen atoms in total. The lowest BCUT2D eigenvalue weighted by Gasteiger charge is -2.25. The van der Waals surface area contributed by atoms with E-state index >= 15 is 0 Å². The van der Waals surface area contributed by atoms with Gasteiger partial charge >= 0.3 is 0 Å². The van der Waals surface area contributed by atoms with E-state index in [0.717, 1.165) is 23.6 Å². The van der Waals surface area contributed by atoms with E-state index in [4.69, 9.17) is 5.73 Å². The van der Waals surface area contributed by atoms with E-state index in [1.807, 2.05) is 24.4 Å². The number of nitrogens with two attached hydrogens (primary N) is 1. The molecular weight excluding hydrogens is 246 g/mol. The molecule has 3 heteroatoms. The predicted molar refractivity (Wildman–Crippen MR) is 86.1 cm³/mol. The second-order valence-corrected chi connectivity index (χ2v) is 5.98. The molecule has 0 saturated carbocycles. The van der Waals surface area contributed by atoms with Crippen molar-refractivity contribution in [2.45, 2.75) is 33.1 Å². The summed E-state index contributed by atoms with van der Waals surface area (Å²) >= 11 is 0. The first-order valence-electron chi connectivity index (χ1n) is 6.92. The Bertz CT molecular complexity index is 589. The fourth-order valence-electron chi connectivity index (χ4n) is 2.16. The Hall–Kier alpha value is -2.03. The average molecular weight is 269 g/mol. The maximum Gasteiger partial charge on any atom is 0.0577 e. The minimum Gasteiger partial charge on any atom is -0.397 e. The van der Waals surface area contributed by atoms with Crippen molar-refractivity contribution in [3.63, 3.8) is 0 Å². The predicted octanol–water partition coefficient (Wildman–Crippen LogP) is 3.67. The van der Waals surface area contributed by atoms with Crippen LogP contribution in [0.5, 0.6) is 0 Å². The number of anilines is 2. The molecule has 0 bridgehead atoms. The van der Waals surface area contributed by atoms with Crippen LogP contribution in [0.4, 0.5) is 11.4 Å². The Morgan fingerprint density at radius 2 is 1.85 bits per heavy atom. The second-order valence-electron chi connectivity index (χ2n) is 5.98. The van der Waals surface area contributed by atoms with Crippen LogP contribution in [0.3, 0.4) is 0 Å². The SMILES string of the molecule is Cc1cc(N)c(NCC(C)(C)c2ccccn2)cc1C. The monoisotopic (exact) mass is 269 g/mol. The van der Waals surface area contributed by atoms with Gasteiger partial charge in [-0.3, -0.25) is 4.98 Å². The van der Waals surface area contributed by atoms with Crippen LogP contribution in [-0.4, -0.2) is 11.5 Å². The lowest BCUT2D eigenvalue weighted by Crippen LogP contribution is -2.28. The Kier molecular flexibility index (Phi) is 3.98. The highest BCUT2D eigenvalue weighted by molar-refractivity contribution is 5.68. The van der Waals surface area contributed by atoms with Crippen LogP contribution in [0.1, 0.15) is 30.7 Å². The van der Waals surface area contributed by atoms with Crippen LogP contribution in [0.15, 0.2) is 36.5 Å². The maximum atomic E-state index is 6.08. The van der Waals surface area contributed by atoms with Crippen molar-refractivity contribution in [3.8, 4) is 0 Å². The molecule has 2 rings (SSSR count). The van der Waals surface area contributed by atoms with Gasteiger partial charge in [0, 0.05) is 23.9 Å². The Labute approximate surface area is 121 Å². The standard InChI is InChI=1S/C17H23N3/c1-12-9-14(18)15(10-13(12)2)20-11-17(3,4)16-7-5-6-8-19-16/h5-10,20H,11,18H2,1-4H3. The quantitative estimate of drug-likeness (QED) is 0.833. The molecule has 0 aliphatic carbocycles. The minimum atomic E-state index is -0.0491. The summed E-state index contributed by atoms with van der Waals surface area (Å²) in [5, 5.41) is 3.45. The Balaban J connectivity index is 2.14. The van der Waals surface area contributed by atoms with Gasteiger partial charge in [-0.15, -0.1) is 0 Å². The molecule has 0 aliphatic heterocycles. The number of aromatic nitrogens is 1. The van der Waals surface area contributed by atoms with Crippen LogP contribution in [0.25, 0.3) is 0 Å². The third-order valence-electron chi connectivity index (χ3n) is 3.74. The van der Waals surface area contributed by atoms with Gasteiger partial charge in [-0.05, 0) is 49.2 Å². The molecule has 0 spiro atoms. The van der Waals surface area contributed by atoms with Gasteiger partial charge in [0.2, 0.25) is 0 Å². The molecule has 1 aromatic heterocycles. The summed E-state index contributed by atoms with van der Waals surface area (Å²) in [6.45, 7) is 9.33. The summed E-state index contributed by atoms with van der Waals surface area (Å²) in [6, 6.07) is 10.2. The molecular formula is C17H23N3. The number of nitrogens with zero attached hydrogens (tertiary/aromatic N) is 1. The molecule has 1 heterocycles. The van der Waals surface area contributed by atoms with E-state index in [1.54, 1.807) is 0 Å². The molecule has 0 radical (unpaired) electrons. The second kappa shape index (κ2) is 5.53. The first-order chi connectivity index (χ1) is 9.40. The summed E-state index contributed by atoms with van der Waals surface area (Å²) in [6.07, 6.45) is 1.83. The Morgan fingerprint density at radius 1 is 1.15 bits per heavy atom. The van der Waals surface area contributed by atoms with Crippen LogP contribution >= 0.6 is 0 Å². The normalized spacial score (nSPS) is 11.4. The number of benzene rings is 1. The molecule has 3 N–H and O–H groups in total. The molecule has 106 valence electrons. The van der Waals surface area contributed by atoms with Crippen LogP contribution in [0.2, 0.25) is 0 Å². The first kappa shape index (κ1) is 14.4. The summed E-state index contributed by atoms with van der Waals surface area (Å²) < 4.78 is 0. The van der Waals surface area contributed by atoms with Crippen LogP contribution < -0.4 is 11.1 Å². The van der Waals surface area contributed by atoms with Gasteiger partial charge < -0.3 is 11.1 Å². The molecule has 0 aliphatic rings. The summed E-state index contributed by atoms with van der Waals surface area (Å²) in [5.41, 5.74) is 11.4. The average Bonchev–Trinajstić information content (AvgIpc) is 2.42. The van der Waals surface area contributed by atoms with E-state index in [0.29, 0.717) is 0 Å². The highest BCUT2D eigenvalue weighted by atomic mass is 14.9. The van der Waals surface area contributed by atoms with Crippen LogP contribution in [0, 0.1) is 13.8 Å². The number of hydrogen-bond donors (Lipinski definition) is 2. The number of nitrogens with one attached hydrogen (secondary N) is 1. The number of aryl methyl sites for hydroxylation is 2. The molecule has 1 aromatic carbocycles. The zero-order valence-electron chi connectivity index (χ0n) is 12.7. The summed E-state index contributed by atoms with van der Waals surface area (Å²) in [4.78, 5) is 4.45. The molecule has 0 saturated heterocycles. The van der Waals surface area contributed by atoms with E-state index in [9.17, 15) is 0 Å². The third-order valence-corrected chi connectivity index (χ3v) is 3.74. The number of nitrogen functional groups attached to an aromatic ring is 1. The van der Waals surface area contributed by atoms with Crippen molar-refractivity contribution in [3.05, 3.63) is 53.3 Å². The molecule has 0 atom stereocenters. The van der Waals surface area contributed by atoms with Crippen molar-refractivity contribution >= 4 is 11.4 Å². The van der Waals surface area contributed by atoms with Gasteiger partial charge in [0.05, 0.1) is 11.4 Å². The topological polar surface area (TPSA) is 50.9 Å². The van der Waals surface area contributed by atoms with Crippen molar-refractivity contribution in [2.75, 3.05) is 17.6 Å². The van der Waals surface area contributed by atoms with E-state index in [-0.39, 0.29) is 5.41 Å². The number of hydrogen-bond acceptors (Lipinski definition) is 3. The fraction of sp³-hybridized carbons (Fsp3) is 0.353. The minimum absolute atomic E-state index is 0.0491. The van der Waals surface area contributed by atoms with Gasteiger partial charge in [0.1, 0.15) is 0 Å². The van der Waals surface area contributed by atoms with Crippen molar-refractivity contribution < 1.29 is 0 Å². The van der Waals surface area contributed by atoms with Gasteiger partial charge in [-0.1, -0.05) is 19.9 Å². The number of pyridine rings is 1. The molecule has 0 unspecified atom stereocenters. The highest BCUT2D eigenvalue weighted by Gasteiger charge is 2.21. The molecule has 20 heavy (non-hydrogen) atoms. The van der Waals surface area contributed by atoms with E-state index in [2.05, 4.69) is 50.1 Å². The van der Waals surface area contributed by atoms with Gasteiger partial charge in [-0.25, -0.2) is 0 Å². The number of rotatable bonds is 4. The fourth-order valence-corrected chi connectivity index (χ4v) is 2.16. The lowest BCUT2D eigenvalue weighted by molar-refractivity contribution is 0.538. The Morgan fingerprint density at radius 3 is 2.50 bits per heavy atom. The molecule has 0 amide bonds. The zero-order chi connectivity index (χ0) is 14.8. The lowest BCUT2D eigenvalue weighted by atomic mass is 9.88. The summed E-state index contributed by atoms with van der Waals surface area (Å²) in [5.74, 6) is 0. The molecule has 2 aromatic rings. The van der Waals surface area contributed by atoms with Gasteiger partial charge in [0.15, 0.2) is 0 Å². The van der Waals surface area contributed by atoms with Crippen molar-refractivity contribution in [1.29, 1.82) is 0 Å². The largest absolute Gasteiger partial charge is 0.397 e. The maximum absolute atomic E-state index is 6.08. The van der Waals surface area contributed by atoms with Gasteiger partial charge in [-0.2, -0.15) is 0 Å². The molecule has 0 fully saturated rings.